The van der Waals surface area contributed by atoms with E-state index in [9.17, 15) is 26.4 Å². The van der Waals surface area contributed by atoms with E-state index in [4.69, 9.17) is 0 Å². The van der Waals surface area contributed by atoms with E-state index in [1.807, 2.05) is 0 Å². The van der Waals surface area contributed by atoms with Gasteiger partial charge in [0.1, 0.15) is 0 Å². The molecule has 22 heavy (non-hydrogen) atoms. The summed E-state index contributed by atoms with van der Waals surface area (Å²) in [7, 11) is -4.25. The third kappa shape index (κ3) is 3.28. The zero-order valence-corrected chi connectivity index (χ0v) is 12.0. The van der Waals surface area contributed by atoms with Crippen molar-refractivity contribution in [3.63, 3.8) is 0 Å². The van der Waals surface area contributed by atoms with E-state index in [-0.39, 0.29) is 5.56 Å². The highest BCUT2D eigenvalue weighted by atomic mass is 32.2. The van der Waals surface area contributed by atoms with E-state index < -0.39 is 44.7 Å². The number of rotatable bonds is 4. The highest BCUT2D eigenvalue weighted by Gasteiger charge is 2.27. The first-order valence-electron chi connectivity index (χ1n) is 5.87. The van der Waals surface area contributed by atoms with Gasteiger partial charge in [0.15, 0.2) is 23.2 Å². The van der Waals surface area contributed by atoms with Gasteiger partial charge in [0.2, 0.25) is 5.82 Å². The molecule has 4 nitrogen and oxygen atoms in total. The topological polar surface area (TPSA) is 60.4 Å². The van der Waals surface area contributed by atoms with Gasteiger partial charge in [0.25, 0.3) is 0 Å². The van der Waals surface area contributed by atoms with Crippen molar-refractivity contribution in [1.29, 1.82) is 0 Å². The molecule has 0 N–H and O–H groups in total. The van der Waals surface area contributed by atoms with Crippen LogP contribution < -0.4 is 4.18 Å². The van der Waals surface area contributed by atoms with Crippen molar-refractivity contribution in [3.05, 3.63) is 65.0 Å². The van der Waals surface area contributed by atoms with Crippen molar-refractivity contribution in [3.8, 4) is 5.75 Å². The first-order chi connectivity index (χ1) is 10.2. The largest absolute Gasteiger partial charge is 0.379 e. The van der Waals surface area contributed by atoms with Gasteiger partial charge < -0.3 is 4.18 Å². The first-order valence-corrected chi connectivity index (χ1v) is 7.69. The lowest BCUT2D eigenvalue weighted by Crippen LogP contribution is -2.14. The van der Waals surface area contributed by atoms with Crippen LogP contribution in [0.25, 0.3) is 0 Å². The van der Waals surface area contributed by atoms with Gasteiger partial charge in [-0.25, -0.2) is 8.78 Å². The van der Waals surface area contributed by atoms with Gasteiger partial charge in [-0.2, -0.15) is 12.8 Å². The Kier molecular flexibility index (Phi) is 4.23. The number of ketones is 1. The van der Waals surface area contributed by atoms with Crippen LogP contribution in [0.2, 0.25) is 0 Å². The van der Waals surface area contributed by atoms with E-state index >= 15 is 0 Å². The normalized spacial score (nSPS) is 11.3. The van der Waals surface area contributed by atoms with Crippen LogP contribution in [-0.4, -0.2) is 20.5 Å². The maximum Gasteiger partial charge on any atom is 0.306 e. The van der Waals surface area contributed by atoms with Gasteiger partial charge in [0.05, 0.1) is 11.8 Å². The zero-order valence-electron chi connectivity index (χ0n) is 11.1. The summed E-state index contributed by atoms with van der Waals surface area (Å²) in [5.41, 5.74) is -0.695. The second-order valence-electron chi connectivity index (χ2n) is 4.35. The Bertz CT molecular complexity index is 833. The third-order valence-electron chi connectivity index (χ3n) is 2.63. The maximum absolute atomic E-state index is 13.8. The van der Waals surface area contributed by atoms with Crippen molar-refractivity contribution in [1.82, 2.24) is 0 Å². The lowest BCUT2D eigenvalue weighted by Gasteiger charge is -2.11. The number of halogens is 3. The van der Waals surface area contributed by atoms with Gasteiger partial charge >= 0.3 is 10.1 Å². The summed E-state index contributed by atoms with van der Waals surface area (Å²) < 4.78 is 67.0. The molecular weight excluding hydrogens is 321 g/mol. The van der Waals surface area contributed by atoms with E-state index in [1.165, 1.54) is 24.3 Å². The lowest BCUT2D eigenvalue weighted by atomic mass is 10.0. The smallest absolute Gasteiger partial charge is 0.306 e. The second kappa shape index (κ2) is 5.80. The summed E-state index contributed by atoms with van der Waals surface area (Å²) >= 11 is 0. The molecule has 0 bridgehead atoms. The lowest BCUT2D eigenvalue weighted by molar-refractivity contribution is 0.103. The Balaban J connectivity index is 2.67. The minimum absolute atomic E-state index is 0.0336. The molecule has 0 aliphatic rings. The molecule has 0 aliphatic carbocycles. The van der Waals surface area contributed by atoms with Crippen molar-refractivity contribution in [2.75, 3.05) is 6.26 Å². The molecule has 0 radical (unpaired) electrons. The molecule has 0 saturated heterocycles. The fourth-order valence-corrected chi connectivity index (χ4v) is 2.19. The molecule has 0 spiro atoms. The summed E-state index contributed by atoms with van der Waals surface area (Å²) in [4.78, 5) is 12.2. The van der Waals surface area contributed by atoms with Crippen molar-refractivity contribution >= 4 is 15.9 Å². The molecule has 0 atom stereocenters. The molecule has 0 heterocycles. The van der Waals surface area contributed by atoms with Crippen molar-refractivity contribution in [2.45, 2.75) is 0 Å². The van der Waals surface area contributed by atoms with Crippen molar-refractivity contribution in [2.24, 2.45) is 0 Å². The number of carbonyl (C=O) groups excluding carboxylic acids is 1. The van der Waals surface area contributed by atoms with Gasteiger partial charge in [-0.05, 0) is 6.07 Å². The van der Waals surface area contributed by atoms with Crippen LogP contribution in [0.3, 0.4) is 0 Å². The van der Waals surface area contributed by atoms with Crippen LogP contribution in [0.5, 0.6) is 5.75 Å². The van der Waals surface area contributed by atoms with Gasteiger partial charge in [-0.1, -0.05) is 30.3 Å². The molecular formula is C14H9F3O4S. The maximum atomic E-state index is 13.8. The minimum atomic E-state index is -4.25. The molecule has 2 aromatic rings. The summed E-state index contributed by atoms with van der Waals surface area (Å²) in [6.45, 7) is 0. The number of carbonyl (C=O) groups is 1. The minimum Gasteiger partial charge on any atom is -0.379 e. The Labute approximate surface area is 124 Å². The summed E-state index contributed by atoms with van der Waals surface area (Å²) in [6, 6.07) is 7.71. The average Bonchev–Trinajstić information content (AvgIpc) is 2.47. The SMILES string of the molecule is CS(=O)(=O)Oc1c(C(=O)c2ccccc2)cc(F)c(F)c1F. The van der Waals surface area contributed by atoms with E-state index in [2.05, 4.69) is 4.18 Å². The average molecular weight is 330 g/mol. The molecule has 2 rings (SSSR count). The van der Waals surface area contributed by atoms with Crippen LogP contribution >= 0.6 is 0 Å². The molecule has 0 saturated carbocycles. The molecule has 2 aromatic carbocycles. The zero-order chi connectivity index (χ0) is 16.5. The molecule has 0 aromatic heterocycles. The predicted molar refractivity (Wildman–Crippen MR) is 71.7 cm³/mol. The first kappa shape index (κ1) is 16.0. The summed E-state index contributed by atoms with van der Waals surface area (Å²) in [6.07, 6.45) is 0.588. The highest BCUT2D eigenvalue weighted by Crippen LogP contribution is 2.30. The molecule has 116 valence electrons. The predicted octanol–water partition coefficient (Wildman–Crippen LogP) is 2.67. The highest BCUT2D eigenvalue weighted by molar-refractivity contribution is 7.86. The van der Waals surface area contributed by atoms with Crippen LogP contribution in [0.15, 0.2) is 36.4 Å². The quantitative estimate of drug-likeness (QED) is 0.491. The molecule has 0 amide bonds. The molecule has 0 unspecified atom stereocenters. The van der Waals surface area contributed by atoms with Crippen LogP contribution in [0, 0.1) is 17.5 Å². The Morgan fingerprint density at radius 2 is 1.64 bits per heavy atom. The Hall–Kier alpha value is -2.35. The Morgan fingerprint density at radius 1 is 1.05 bits per heavy atom. The van der Waals surface area contributed by atoms with E-state index in [1.54, 1.807) is 6.07 Å². The van der Waals surface area contributed by atoms with Gasteiger partial charge in [-0.3, -0.25) is 4.79 Å². The number of hydrogen-bond donors (Lipinski definition) is 0. The van der Waals surface area contributed by atoms with Crippen LogP contribution in [0.1, 0.15) is 15.9 Å². The number of hydrogen-bond acceptors (Lipinski definition) is 4. The van der Waals surface area contributed by atoms with E-state index in [0.717, 1.165) is 0 Å². The summed E-state index contributed by atoms with van der Waals surface area (Å²) in [5, 5.41) is 0. The molecule has 0 aliphatic heterocycles. The molecule has 0 fully saturated rings. The van der Waals surface area contributed by atoms with Crippen LogP contribution in [-0.2, 0) is 10.1 Å². The monoisotopic (exact) mass is 330 g/mol. The van der Waals surface area contributed by atoms with Crippen LogP contribution in [0.4, 0.5) is 13.2 Å². The van der Waals surface area contributed by atoms with Crippen molar-refractivity contribution < 1.29 is 30.6 Å². The van der Waals surface area contributed by atoms with E-state index in [0.29, 0.717) is 12.3 Å². The standard InChI is InChI=1S/C14H9F3O4S/c1-22(19,20)21-14-9(7-10(15)11(16)12(14)17)13(18)8-5-3-2-4-6-8/h2-7H,1H3. The fraction of sp³-hybridized carbons (Fsp3) is 0.0714. The third-order valence-corrected chi connectivity index (χ3v) is 3.10. The van der Waals surface area contributed by atoms with Gasteiger partial charge in [-0.15, -0.1) is 0 Å². The second-order valence-corrected chi connectivity index (χ2v) is 5.92. The number of benzene rings is 2. The summed E-state index contributed by atoms with van der Waals surface area (Å²) in [5.74, 6) is -7.52. The Morgan fingerprint density at radius 3 is 2.18 bits per heavy atom. The molecule has 8 heteroatoms. The van der Waals surface area contributed by atoms with Gasteiger partial charge in [0, 0.05) is 5.56 Å². The fourth-order valence-electron chi connectivity index (χ4n) is 1.72.